The van der Waals surface area contributed by atoms with Crippen LogP contribution in [0.4, 0.5) is 5.82 Å². The van der Waals surface area contributed by atoms with Crippen molar-refractivity contribution in [2.45, 2.75) is 25.8 Å². The summed E-state index contributed by atoms with van der Waals surface area (Å²) in [6.07, 6.45) is 3.89. The second-order valence-electron chi connectivity index (χ2n) is 5.80. The minimum Gasteiger partial charge on any atom is -0.370 e. The molecule has 0 aliphatic carbocycles. The Hall–Kier alpha value is -1.33. The molecule has 2 N–H and O–H groups in total. The van der Waals surface area contributed by atoms with E-state index in [1.807, 2.05) is 6.92 Å². The van der Waals surface area contributed by atoms with Crippen LogP contribution in [-0.2, 0) is 0 Å². The summed E-state index contributed by atoms with van der Waals surface area (Å²) >= 11 is 6.13. The van der Waals surface area contributed by atoms with E-state index in [0.29, 0.717) is 22.3 Å². The standard InChI is InChI=1S/C15H21ClN4O/c1-2-17-14-7-11(12(16)8-18-14)15(21)19-13-9-20-5-3-10(13)4-6-20/h7-8,10,13H,2-6,9H2,1H3,(H,17,18)(H,19,21). The summed E-state index contributed by atoms with van der Waals surface area (Å²) in [5.41, 5.74) is 0.499. The highest BCUT2D eigenvalue weighted by atomic mass is 35.5. The van der Waals surface area contributed by atoms with Crippen LogP contribution >= 0.6 is 11.6 Å². The molecule has 4 rings (SSSR count). The van der Waals surface area contributed by atoms with Gasteiger partial charge in [0.2, 0.25) is 0 Å². The fraction of sp³-hybridized carbons (Fsp3) is 0.600. The minimum absolute atomic E-state index is 0.0969. The lowest BCUT2D eigenvalue weighted by molar-refractivity contribution is 0.0620. The van der Waals surface area contributed by atoms with Gasteiger partial charge in [-0.25, -0.2) is 4.98 Å². The third-order valence-corrected chi connectivity index (χ3v) is 4.73. The van der Waals surface area contributed by atoms with E-state index in [1.54, 1.807) is 6.07 Å². The Bertz CT molecular complexity index is 528. The van der Waals surface area contributed by atoms with Gasteiger partial charge in [-0.05, 0) is 44.8 Å². The van der Waals surface area contributed by atoms with Crippen molar-refractivity contribution in [1.82, 2.24) is 15.2 Å². The van der Waals surface area contributed by atoms with E-state index in [-0.39, 0.29) is 11.9 Å². The number of anilines is 1. The number of rotatable bonds is 4. The van der Waals surface area contributed by atoms with Crippen LogP contribution in [0.15, 0.2) is 12.3 Å². The number of nitrogens with zero attached hydrogens (tertiary/aromatic N) is 2. The first kappa shape index (κ1) is 14.6. The number of carbonyl (C=O) groups is 1. The van der Waals surface area contributed by atoms with Crippen molar-refractivity contribution in [2.75, 3.05) is 31.5 Å². The average molecular weight is 309 g/mol. The van der Waals surface area contributed by atoms with Crippen molar-refractivity contribution in [2.24, 2.45) is 5.92 Å². The molecule has 0 radical (unpaired) electrons. The second-order valence-corrected chi connectivity index (χ2v) is 6.20. The number of nitrogens with one attached hydrogen (secondary N) is 2. The van der Waals surface area contributed by atoms with Gasteiger partial charge in [0.05, 0.1) is 10.6 Å². The van der Waals surface area contributed by atoms with Crippen LogP contribution < -0.4 is 10.6 Å². The monoisotopic (exact) mass is 308 g/mol. The summed E-state index contributed by atoms with van der Waals surface area (Å²) in [6.45, 7) is 6.03. The summed E-state index contributed by atoms with van der Waals surface area (Å²) in [7, 11) is 0. The van der Waals surface area contributed by atoms with Gasteiger partial charge in [0.15, 0.2) is 0 Å². The molecule has 3 fully saturated rings. The molecular weight excluding hydrogens is 288 g/mol. The lowest BCUT2D eigenvalue weighted by Crippen LogP contribution is -2.57. The van der Waals surface area contributed by atoms with Crippen LogP contribution in [0, 0.1) is 5.92 Å². The maximum Gasteiger partial charge on any atom is 0.253 e. The lowest BCUT2D eigenvalue weighted by atomic mass is 9.84. The smallest absolute Gasteiger partial charge is 0.253 e. The molecule has 1 aromatic rings. The zero-order valence-electron chi connectivity index (χ0n) is 12.2. The SMILES string of the molecule is CCNc1cc(C(=O)NC2CN3CCC2CC3)c(Cl)cn1. The molecule has 1 atom stereocenters. The van der Waals surface area contributed by atoms with Gasteiger partial charge in [-0.1, -0.05) is 11.6 Å². The van der Waals surface area contributed by atoms with Gasteiger partial charge in [0.25, 0.3) is 5.91 Å². The quantitative estimate of drug-likeness (QED) is 0.893. The second kappa shape index (κ2) is 6.20. The first-order valence-electron chi connectivity index (χ1n) is 7.60. The fourth-order valence-electron chi connectivity index (χ4n) is 3.27. The predicted octanol–water partition coefficient (Wildman–Crippen LogP) is 1.99. The van der Waals surface area contributed by atoms with Crippen LogP contribution in [-0.4, -0.2) is 48.0 Å². The van der Waals surface area contributed by atoms with Crippen LogP contribution in [0.2, 0.25) is 5.02 Å². The highest BCUT2D eigenvalue weighted by Crippen LogP contribution is 2.28. The average Bonchev–Trinajstić information content (AvgIpc) is 2.50. The van der Waals surface area contributed by atoms with Crippen LogP contribution in [0.1, 0.15) is 30.1 Å². The third kappa shape index (κ3) is 3.14. The number of piperidine rings is 3. The van der Waals surface area contributed by atoms with Gasteiger partial charge in [0.1, 0.15) is 5.82 Å². The number of hydrogen-bond acceptors (Lipinski definition) is 4. The topological polar surface area (TPSA) is 57.3 Å². The maximum absolute atomic E-state index is 12.5. The molecule has 3 aliphatic rings. The number of hydrogen-bond donors (Lipinski definition) is 2. The lowest BCUT2D eigenvalue weighted by Gasteiger charge is -2.44. The summed E-state index contributed by atoms with van der Waals surface area (Å²) in [5, 5.41) is 6.66. The molecule has 114 valence electrons. The molecule has 0 aromatic carbocycles. The number of halogens is 1. The van der Waals surface area contributed by atoms with Gasteiger partial charge in [-0.2, -0.15) is 0 Å². The Morgan fingerprint density at radius 1 is 1.48 bits per heavy atom. The Morgan fingerprint density at radius 3 is 2.86 bits per heavy atom. The first-order chi connectivity index (χ1) is 10.2. The number of aromatic nitrogens is 1. The fourth-order valence-corrected chi connectivity index (χ4v) is 3.45. The molecule has 4 heterocycles. The molecule has 21 heavy (non-hydrogen) atoms. The zero-order chi connectivity index (χ0) is 14.8. The summed E-state index contributed by atoms with van der Waals surface area (Å²) in [5.74, 6) is 1.19. The van der Waals surface area contributed by atoms with Crippen molar-refractivity contribution in [1.29, 1.82) is 0 Å². The Balaban J connectivity index is 1.71. The highest BCUT2D eigenvalue weighted by Gasteiger charge is 2.35. The highest BCUT2D eigenvalue weighted by molar-refractivity contribution is 6.33. The molecule has 1 amide bonds. The van der Waals surface area contributed by atoms with E-state index < -0.39 is 0 Å². The summed E-state index contributed by atoms with van der Waals surface area (Å²) in [6, 6.07) is 1.97. The predicted molar refractivity (Wildman–Crippen MR) is 83.8 cm³/mol. The van der Waals surface area contributed by atoms with E-state index in [0.717, 1.165) is 26.2 Å². The third-order valence-electron chi connectivity index (χ3n) is 4.43. The van der Waals surface area contributed by atoms with Gasteiger partial charge >= 0.3 is 0 Å². The molecule has 5 nitrogen and oxygen atoms in total. The molecule has 3 saturated heterocycles. The number of pyridine rings is 1. The largest absolute Gasteiger partial charge is 0.370 e. The van der Waals surface area contributed by atoms with Crippen LogP contribution in [0.3, 0.4) is 0 Å². The van der Waals surface area contributed by atoms with Gasteiger partial charge in [-0.15, -0.1) is 0 Å². The number of amides is 1. The molecule has 1 aromatic heterocycles. The maximum atomic E-state index is 12.5. The molecule has 6 heteroatoms. The van der Waals surface area contributed by atoms with Crippen LogP contribution in [0.25, 0.3) is 0 Å². The van der Waals surface area contributed by atoms with Crippen molar-refractivity contribution >= 4 is 23.3 Å². The van der Waals surface area contributed by atoms with Crippen molar-refractivity contribution < 1.29 is 4.79 Å². The van der Waals surface area contributed by atoms with Gasteiger partial charge < -0.3 is 15.5 Å². The molecule has 3 aliphatic heterocycles. The molecular formula is C15H21ClN4O. The van der Waals surface area contributed by atoms with Crippen molar-refractivity contribution in [3.05, 3.63) is 22.8 Å². The van der Waals surface area contributed by atoms with E-state index >= 15 is 0 Å². The van der Waals surface area contributed by atoms with Crippen molar-refractivity contribution in [3.8, 4) is 0 Å². The molecule has 0 saturated carbocycles. The van der Waals surface area contributed by atoms with Crippen LogP contribution in [0.5, 0.6) is 0 Å². The molecule has 0 spiro atoms. The van der Waals surface area contributed by atoms with E-state index in [2.05, 4.69) is 20.5 Å². The first-order valence-corrected chi connectivity index (χ1v) is 7.97. The zero-order valence-corrected chi connectivity index (χ0v) is 13.0. The van der Waals surface area contributed by atoms with E-state index in [1.165, 1.54) is 19.0 Å². The van der Waals surface area contributed by atoms with Gasteiger partial charge in [0, 0.05) is 25.3 Å². The van der Waals surface area contributed by atoms with E-state index in [4.69, 9.17) is 11.6 Å². The minimum atomic E-state index is -0.0969. The molecule has 2 bridgehead atoms. The Labute approximate surface area is 130 Å². The Kier molecular flexibility index (Phi) is 4.31. The molecule has 1 unspecified atom stereocenters. The summed E-state index contributed by atoms with van der Waals surface area (Å²) in [4.78, 5) is 19.1. The Morgan fingerprint density at radius 2 is 2.24 bits per heavy atom. The number of fused-ring (bicyclic) bond motifs is 3. The van der Waals surface area contributed by atoms with E-state index in [9.17, 15) is 4.79 Å². The summed E-state index contributed by atoms with van der Waals surface area (Å²) < 4.78 is 0. The number of carbonyl (C=O) groups excluding carboxylic acids is 1. The van der Waals surface area contributed by atoms with Gasteiger partial charge in [-0.3, -0.25) is 4.79 Å². The van der Waals surface area contributed by atoms with Crippen molar-refractivity contribution in [3.63, 3.8) is 0 Å². The normalized spacial score (nSPS) is 27.4.